The highest BCUT2D eigenvalue weighted by Crippen LogP contribution is 2.32. The van der Waals surface area contributed by atoms with Crippen molar-refractivity contribution in [3.8, 4) is 5.75 Å². The monoisotopic (exact) mass is 310 g/mol. The molecule has 0 bridgehead atoms. The van der Waals surface area contributed by atoms with Gasteiger partial charge in [0.25, 0.3) is 9.05 Å². The van der Waals surface area contributed by atoms with E-state index >= 15 is 0 Å². The number of benzene rings is 1. The van der Waals surface area contributed by atoms with Crippen molar-refractivity contribution in [3.05, 3.63) is 23.8 Å². The lowest BCUT2D eigenvalue weighted by Gasteiger charge is -2.14. The van der Waals surface area contributed by atoms with Crippen LogP contribution in [0.1, 0.15) is 25.7 Å². The summed E-state index contributed by atoms with van der Waals surface area (Å²) in [4.78, 5) is -0.662. The van der Waals surface area contributed by atoms with Crippen molar-refractivity contribution in [2.24, 2.45) is 5.92 Å². The molecule has 0 N–H and O–H groups in total. The Morgan fingerprint density at radius 2 is 1.89 bits per heavy atom. The third-order valence-electron chi connectivity index (χ3n) is 3.18. The van der Waals surface area contributed by atoms with Crippen molar-refractivity contribution in [2.45, 2.75) is 30.6 Å². The third kappa shape index (κ3) is 3.57. The Bertz CT molecular complexity index is 569. The summed E-state index contributed by atoms with van der Waals surface area (Å²) in [5, 5.41) is 0. The zero-order valence-corrected chi connectivity index (χ0v) is 11.6. The van der Waals surface area contributed by atoms with E-state index in [-0.39, 0.29) is 12.5 Å². The maximum absolute atomic E-state index is 13.6. The van der Waals surface area contributed by atoms with Crippen LogP contribution in [0.4, 0.5) is 8.78 Å². The molecule has 7 heteroatoms. The summed E-state index contributed by atoms with van der Waals surface area (Å²) in [5.41, 5.74) is 0. The molecule has 0 aliphatic heterocycles. The number of hydrogen-bond acceptors (Lipinski definition) is 3. The van der Waals surface area contributed by atoms with Gasteiger partial charge in [-0.05, 0) is 24.8 Å². The van der Waals surface area contributed by atoms with Crippen molar-refractivity contribution in [1.29, 1.82) is 0 Å². The molecule has 0 aromatic heterocycles. The van der Waals surface area contributed by atoms with E-state index in [0.717, 1.165) is 25.7 Å². The van der Waals surface area contributed by atoms with Crippen molar-refractivity contribution in [2.75, 3.05) is 6.61 Å². The van der Waals surface area contributed by atoms with E-state index in [9.17, 15) is 17.2 Å². The molecule has 0 amide bonds. The molecule has 0 unspecified atom stereocenters. The number of hydrogen-bond donors (Lipinski definition) is 0. The third-order valence-corrected chi connectivity index (χ3v) is 4.50. The molecule has 19 heavy (non-hydrogen) atoms. The van der Waals surface area contributed by atoms with Crippen LogP contribution in [0, 0.1) is 17.6 Å². The van der Waals surface area contributed by atoms with E-state index in [1.165, 1.54) is 0 Å². The van der Waals surface area contributed by atoms with Crippen LogP contribution in [0.15, 0.2) is 17.0 Å². The summed E-state index contributed by atoms with van der Waals surface area (Å²) < 4.78 is 54.5. The molecule has 106 valence electrons. The summed E-state index contributed by atoms with van der Waals surface area (Å²) in [5.74, 6) is -2.29. The Balaban J connectivity index is 2.27. The first kappa shape index (κ1) is 14.5. The number of rotatable bonds is 4. The summed E-state index contributed by atoms with van der Waals surface area (Å²) in [6.07, 6.45) is 4.10. The lowest BCUT2D eigenvalue weighted by Crippen LogP contribution is -2.11. The molecule has 1 aromatic carbocycles. The number of ether oxygens (including phenoxy) is 1. The van der Waals surface area contributed by atoms with E-state index in [1.807, 2.05) is 0 Å². The topological polar surface area (TPSA) is 43.4 Å². The minimum Gasteiger partial charge on any atom is -0.489 e. The van der Waals surface area contributed by atoms with Crippen LogP contribution in [0.5, 0.6) is 5.75 Å². The molecular formula is C12H13ClF2O3S. The Morgan fingerprint density at radius 3 is 2.47 bits per heavy atom. The van der Waals surface area contributed by atoms with Crippen LogP contribution in [-0.4, -0.2) is 15.0 Å². The maximum atomic E-state index is 13.6. The Morgan fingerprint density at radius 1 is 1.26 bits per heavy atom. The highest BCUT2D eigenvalue weighted by molar-refractivity contribution is 8.13. The van der Waals surface area contributed by atoms with Gasteiger partial charge >= 0.3 is 0 Å². The fourth-order valence-electron chi connectivity index (χ4n) is 2.24. The minimum absolute atomic E-state index is 0.210. The molecule has 0 heterocycles. The largest absolute Gasteiger partial charge is 0.489 e. The zero-order valence-electron chi connectivity index (χ0n) is 10.0. The van der Waals surface area contributed by atoms with Gasteiger partial charge in [-0.1, -0.05) is 12.8 Å². The van der Waals surface area contributed by atoms with Gasteiger partial charge < -0.3 is 4.74 Å². The average molecular weight is 311 g/mol. The first-order valence-electron chi connectivity index (χ1n) is 5.94. The second kappa shape index (κ2) is 5.63. The van der Waals surface area contributed by atoms with E-state index in [1.54, 1.807) is 0 Å². The molecule has 3 nitrogen and oxygen atoms in total. The van der Waals surface area contributed by atoms with Crippen molar-refractivity contribution in [3.63, 3.8) is 0 Å². The molecule has 0 radical (unpaired) electrons. The van der Waals surface area contributed by atoms with E-state index in [4.69, 9.17) is 15.4 Å². The molecule has 1 fully saturated rings. The molecule has 1 aromatic rings. The highest BCUT2D eigenvalue weighted by atomic mass is 35.7. The summed E-state index contributed by atoms with van der Waals surface area (Å²) in [6.45, 7) is 0.210. The van der Waals surface area contributed by atoms with Crippen LogP contribution >= 0.6 is 10.7 Å². The van der Waals surface area contributed by atoms with Gasteiger partial charge in [0.05, 0.1) is 6.61 Å². The van der Waals surface area contributed by atoms with Crippen molar-refractivity contribution in [1.82, 2.24) is 0 Å². The van der Waals surface area contributed by atoms with Gasteiger partial charge in [-0.15, -0.1) is 0 Å². The van der Waals surface area contributed by atoms with E-state index < -0.39 is 31.3 Å². The fourth-order valence-corrected chi connectivity index (χ4v) is 3.21. The first-order chi connectivity index (χ1) is 8.88. The molecule has 0 saturated heterocycles. The SMILES string of the molecule is O=S(=O)(Cl)c1cc(F)cc(F)c1OCC1CCCC1. The summed E-state index contributed by atoms with van der Waals surface area (Å²) in [7, 11) is 0.905. The highest BCUT2D eigenvalue weighted by Gasteiger charge is 2.24. The van der Waals surface area contributed by atoms with Gasteiger partial charge in [-0.3, -0.25) is 0 Å². The summed E-state index contributed by atoms with van der Waals surface area (Å²) in [6, 6.07) is 1.24. The Kier molecular flexibility index (Phi) is 4.30. The summed E-state index contributed by atoms with van der Waals surface area (Å²) >= 11 is 0. The van der Waals surface area contributed by atoms with E-state index in [2.05, 4.69) is 0 Å². The van der Waals surface area contributed by atoms with Crippen LogP contribution in [0.25, 0.3) is 0 Å². The fraction of sp³-hybridized carbons (Fsp3) is 0.500. The van der Waals surface area contributed by atoms with Crippen LogP contribution in [0.3, 0.4) is 0 Å². The lowest BCUT2D eigenvalue weighted by molar-refractivity contribution is 0.235. The van der Waals surface area contributed by atoms with Crippen LogP contribution in [0.2, 0.25) is 0 Å². The normalized spacial score (nSPS) is 16.8. The van der Waals surface area contributed by atoms with Gasteiger partial charge in [0.15, 0.2) is 11.6 Å². The van der Waals surface area contributed by atoms with E-state index in [0.29, 0.717) is 12.1 Å². The average Bonchev–Trinajstić information content (AvgIpc) is 2.78. The molecule has 1 aliphatic carbocycles. The molecule has 0 spiro atoms. The second-order valence-electron chi connectivity index (χ2n) is 4.61. The van der Waals surface area contributed by atoms with Gasteiger partial charge in [0.1, 0.15) is 10.7 Å². The maximum Gasteiger partial charge on any atom is 0.265 e. The quantitative estimate of drug-likeness (QED) is 0.800. The predicted molar refractivity (Wildman–Crippen MR) is 66.8 cm³/mol. The van der Waals surface area contributed by atoms with Crippen LogP contribution < -0.4 is 4.74 Å². The second-order valence-corrected chi connectivity index (χ2v) is 7.15. The van der Waals surface area contributed by atoms with Gasteiger partial charge in [-0.25, -0.2) is 17.2 Å². The smallest absolute Gasteiger partial charge is 0.265 e. The lowest BCUT2D eigenvalue weighted by atomic mass is 10.1. The number of halogens is 3. The Labute approximate surface area is 114 Å². The van der Waals surface area contributed by atoms with Gasteiger partial charge in [0, 0.05) is 16.7 Å². The molecule has 1 aliphatic rings. The predicted octanol–water partition coefficient (Wildman–Crippen LogP) is 3.46. The first-order valence-corrected chi connectivity index (χ1v) is 8.25. The zero-order chi connectivity index (χ0) is 14.0. The Hall–Kier alpha value is -0.880. The molecule has 1 saturated carbocycles. The van der Waals surface area contributed by atoms with Crippen LogP contribution in [-0.2, 0) is 9.05 Å². The standard InChI is InChI=1S/C12H13ClF2O3S/c13-19(16,17)11-6-9(14)5-10(15)12(11)18-7-8-3-1-2-4-8/h5-6,8H,1-4,7H2. The molecular weight excluding hydrogens is 298 g/mol. The minimum atomic E-state index is -4.26. The molecule has 0 atom stereocenters. The van der Waals surface area contributed by atoms with Crippen molar-refractivity contribution >= 4 is 19.7 Å². The van der Waals surface area contributed by atoms with Gasteiger partial charge in [0.2, 0.25) is 0 Å². The molecule has 2 rings (SSSR count). The van der Waals surface area contributed by atoms with Gasteiger partial charge in [-0.2, -0.15) is 0 Å². The van der Waals surface area contributed by atoms with Crippen molar-refractivity contribution < 1.29 is 21.9 Å².